The average molecular weight is 433 g/mol. The van der Waals surface area contributed by atoms with E-state index in [0.29, 0.717) is 17.1 Å². The summed E-state index contributed by atoms with van der Waals surface area (Å²) in [5, 5.41) is 2.78. The third kappa shape index (κ3) is 3.11. The van der Waals surface area contributed by atoms with E-state index in [1.165, 1.54) is 22.9 Å². The molecule has 3 aromatic rings. The van der Waals surface area contributed by atoms with Crippen LogP contribution in [-0.2, 0) is 25.8 Å². The standard InChI is InChI=1S/C23H19N3O4S/c27-20(24-13-17-9-6-12-30-17)14-25-19-11-5-4-10-18(19)23(22(25)29)26(21(28)15-31-23)16-7-2-1-3-8-16/h1-12H,13-15H2,(H,24,27)/t23-/m0/s1. The molecule has 2 aromatic carbocycles. The summed E-state index contributed by atoms with van der Waals surface area (Å²) in [6.45, 7) is 0.0969. The molecule has 0 radical (unpaired) electrons. The SMILES string of the molecule is O=C(CN1C(=O)[C@@]2(SCC(=O)N2c2ccccc2)c2ccccc21)NCc1ccco1. The summed E-state index contributed by atoms with van der Waals surface area (Å²) in [5.74, 6) is 0.0837. The van der Waals surface area contributed by atoms with Crippen LogP contribution in [0.25, 0.3) is 0 Å². The van der Waals surface area contributed by atoms with Crippen molar-refractivity contribution < 1.29 is 18.8 Å². The van der Waals surface area contributed by atoms with Gasteiger partial charge < -0.3 is 9.73 Å². The molecule has 5 rings (SSSR count). The minimum Gasteiger partial charge on any atom is -0.467 e. The Bertz CT molecular complexity index is 1150. The summed E-state index contributed by atoms with van der Waals surface area (Å²) >= 11 is 1.29. The van der Waals surface area contributed by atoms with Crippen molar-refractivity contribution in [2.45, 2.75) is 11.4 Å². The first-order chi connectivity index (χ1) is 15.1. The third-order valence-corrected chi connectivity index (χ3v) is 6.81. The minimum atomic E-state index is -1.21. The van der Waals surface area contributed by atoms with Gasteiger partial charge in [-0.1, -0.05) is 36.4 Å². The average Bonchev–Trinajstić information content (AvgIpc) is 3.49. The van der Waals surface area contributed by atoms with Crippen molar-refractivity contribution in [3.63, 3.8) is 0 Å². The van der Waals surface area contributed by atoms with Gasteiger partial charge in [0, 0.05) is 11.3 Å². The molecule has 1 N–H and O–H groups in total. The lowest BCUT2D eigenvalue weighted by atomic mass is 10.0. The topological polar surface area (TPSA) is 82.9 Å². The molecule has 2 aliphatic rings. The molecule has 0 unspecified atom stereocenters. The van der Waals surface area contributed by atoms with Crippen LogP contribution in [-0.4, -0.2) is 30.0 Å². The fourth-order valence-electron chi connectivity index (χ4n) is 4.09. The smallest absolute Gasteiger partial charge is 0.269 e. The number of nitrogens with one attached hydrogen (secondary N) is 1. The number of hydrogen-bond donors (Lipinski definition) is 1. The van der Waals surface area contributed by atoms with Crippen LogP contribution < -0.4 is 15.1 Å². The highest BCUT2D eigenvalue weighted by atomic mass is 32.2. The molecule has 1 spiro atoms. The number of carbonyl (C=O) groups excluding carboxylic acids is 3. The van der Waals surface area contributed by atoms with Crippen molar-refractivity contribution >= 4 is 40.9 Å². The number of carbonyl (C=O) groups is 3. The maximum atomic E-state index is 13.8. The number of thioether (sulfide) groups is 1. The lowest BCUT2D eigenvalue weighted by Gasteiger charge is -2.33. The fourth-order valence-corrected chi connectivity index (χ4v) is 5.45. The number of fused-ring (bicyclic) bond motifs is 2. The molecule has 31 heavy (non-hydrogen) atoms. The van der Waals surface area contributed by atoms with Gasteiger partial charge in [-0.05, 0) is 30.3 Å². The first-order valence-electron chi connectivity index (χ1n) is 9.84. The van der Waals surface area contributed by atoms with Crippen LogP contribution in [0.15, 0.2) is 77.4 Å². The van der Waals surface area contributed by atoms with Crippen LogP contribution in [0.1, 0.15) is 11.3 Å². The van der Waals surface area contributed by atoms with Gasteiger partial charge in [0.2, 0.25) is 16.7 Å². The predicted octanol–water partition coefficient (Wildman–Crippen LogP) is 2.88. The lowest BCUT2D eigenvalue weighted by molar-refractivity contribution is -0.125. The number of rotatable bonds is 5. The van der Waals surface area contributed by atoms with E-state index in [2.05, 4.69) is 5.32 Å². The number of amides is 3. The molecule has 1 atom stereocenters. The van der Waals surface area contributed by atoms with Gasteiger partial charge in [0.1, 0.15) is 12.3 Å². The molecule has 1 aromatic heterocycles. The summed E-state index contributed by atoms with van der Waals surface area (Å²) < 4.78 is 5.24. The van der Waals surface area contributed by atoms with E-state index in [-0.39, 0.29) is 36.6 Å². The number of anilines is 2. The van der Waals surface area contributed by atoms with Crippen molar-refractivity contribution in [2.75, 3.05) is 22.1 Å². The van der Waals surface area contributed by atoms with Gasteiger partial charge in [-0.3, -0.25) is 24.2 Å². The van der Waals surface area contributed by atoms with Gasteiger partial charge in [0.25, 0.3) is 5.91 Å². The number of para-hydroxylation sites is 2. The molecule has 0 bridgehead atoms. The molecule has 0 saturated carbocycles. The molecule has 2 aliphatic heterocycles. The van der Waals surface area contributed by atoms with Crippen molar-refractivity contribution in [3.05, 3.63) is 84.3 Å². The van der Waals surface area contributed by atoms with Crippen LogP contribution in [0.3, 0.4) is 0 Å². The van der Waals surface area contributed by atoms with Crippen LogP contribution >= 0.6 is 11.8 Å². The second-order valence-corrected chi connectivity index (χ2v) is 8.43. The Morgan fingerprint density at radius 3 is 2.58 bits per heavy atom. The van der Waals surface area contributed by atoms with Crippen molar-refractivity contribution in [1.29, 1.82) is 0 Å². The fraction of sp³-hybridized carbons (Fsp3) is 0.174. The summed E-state index contributed by atoms with van der Waals surface area (Å²) in [6.07, 6.45) is 1.54. The number of nitrogens with zero attached hydrogens (tertiary/aromatic N) is 2. The Balaban J connectivity index is 1.48. The van der Waals surface area contributed by atoms with E-state index in [9.17, 15) is 14.4 Å². The molecule has 3 heterocycles. The molecular formula is C23H19N3O4S. The van der Waals surface area contributed by atoms with Crippen molar-refractivity contribution in [3.8, 4) is 0 Å². The molecule has 1 fully saturated rings. The van der Waals surface area contributed by atoms with E-state index in [0.717, 1.165) is 5.56 Å². The Morgan fingerprint density at radius 1 is 1.03 bits per heavy atom. The predicted molar refractivity (Wildman–Crippen MR) is 117 cm³/mol. The zero-order valence-corrected chi connectivity index (χ0v) is 17.3. The molecule has 1 saturated heterocycles. The maximum Gasteiger partial charge on any atom is 0.269 e. The lowest BCUT2D eigenvalue weighted by Crippen LogP contribution is -2.51. The molecule has 156 valence electrons. The van der Waals surface area contributed by atoms with Crippen LogP contribution in [0.5, 0.6) is 0 Å². The highest BCUT2D eigenvalue weighted by Crippen LogP contribution is 2.55. The largest absolute Gasteiger partial charge is 0.467 e. The van der Waals surface area contributed by atoms with Crippen molar-refractivity contribution in [1.82, 2.24) is 5.32 Å². The zero-order chi connectivity index (χ0) is 21.4. The number of benzene rings is 2. The highest BCUT2D eigenvalue weighted by molar-refractivity contribution is 8.02. The van der Waals surface area contributed by atoms with Gasteiger partial charge in [-0.15, -0.1) is 11.8 Å². The monoisotopic (exact) mass is 433 g/mol. The third-order valence-electron chi connectivity index (χ3n) is 5.42. The highest BCUT2D eigenvalue weighted by Gasteiger charge is 2.61. The van der Waals surface area contributed by atoms with Crippen LogP contribution in [0.4, 0.5) is 11.4 Å². The Morgan fingerprint density at radius 2 is 1.81 bits per heavy atom. The first kappa shape index (κ1) is 19.4. The zero-order valence-electron chi connectivity index (χ0n) is 16.5. The Labute approximate surface area is 183 Å². The summed E-state index contributed by atoms with van der Waals surface area (Å²) in [5.41, 5.74) is 2.02. The molecule has 7 nitrogen and oxygen atoms in total. The molecular weight excluding hydrogens is 414 g/mol. The number of furan rings is 1. The van der Waals surface area contributed by atoms with E-state index < -0.39 is 4.87 Å². The van der Waals surface area contributed by atoms with Gasteiger partial charge in [-0.2, -0.15) is 0 Å². The number of hydrogen-bond acceptors (Lipinski definition) is 5. The summed E-state index contributed by atoms with van der Waals surface area (Å²) in [4.78, 5) is 41.2. The van der Waals surface area contributed by atoms with Crippen LogP contribution in [0.2, 0.25) is 0 Å². The van der Waals surface area contributed by atoms with E-state index in [1.54, 1.807) is 17.0 Å². The van der Waals surface area contributed by atoms with Gasteiger partial charge >= 0.3 is 0 Å². The molecule has 8 heteroatoms. The van der Waals surface area contributed by atoms with Crippen LogP contribution in [0, 0.1) is 0 Å². The van der Waals surface area contributed by atoms with Crippen molar-refractivity contribution in [2.24, 2.45) is 0 Å². The second kappa shape index (κ2) is 7.63. The van der Waals surface area contributed by atoms with E-state index in [4.69, 9.17) is 4.42 Å². The minimum absolute atomic E-state index is 0.136. The molecule has 3 amide bonds. The van der Waals surface area contributed by atoms with E-state index in [1.807, 2.05) is 54.6 Å². The second-order valence-electron chi connectivity index (χ2n) is 7.26. The van der Waals surface area contributed by atoms with Gasteiger partial charge in [0.05, 0.1) is 24.2 Å². The summed E-state index contributed by atoms with van der Waals surface area (Å²) in [7, 11) is 0. The normalized spacial score (nSPS) is 19.9. The maximum absolute atomic E-state index is 13.8. The first-order valence-corrected chi connectivity index (χ1v) is 10.8. The summed E-state index contributed by atoms with van der Waals surface area (Å²) in [6, 6.07) is 20.0. The van der Waals surface area contributed by atoms with E-state index >= 15 is 0 Å². The molecule has 0 aliphatic carbocycles. The quantitative estimate of drug-likeness (QED) is 0.669. The Hall–Kier alpha value is -3.52. The van der Waals surface area contributed by atoms with Gasteiger partial charge in [0.15, 0.2) is 0 Å². The van der Waals surface area contributed by atoms with Gasteiger partial charge in [-0.25, -0.2) is 0 Å². The Kier molecular flexibility index (Phi) is 4.78.